The van der Waals surface area contributed by atoms with Gasteiger partial charge in [0.25, 0.3) is 0 Å². The summed E-state index contributed by atoms with van der Waals surface area (Å²) < 4.78 is 18.8. The number of carbonyl (C=O) groups is 2. The maximum absolute atomic E-state index is 11.9. The Hall–Kier alpha value is -1.74. The molecule has 0 unspecified atom stereocenters. The van der Waals surface area contributed by atoms with E-state index in [0.29, 0.717) is 27.0 Å². The van der Waals surface area contributed by atoms with E-state index in [1.807, 2.05) is 20.8 Å². The van der Waals surface area contributed by atoms with Crippen molar-refractivity contribution in [2.24, 2.45) is 0 Å². The van der Waals surface area contributed by atoms with Crippen LogP contribution in [0.2, 0.25) is 10.0 Å². The first kappa shape index (κ1) is 23.9. The van der Waals surface area contributed by atoms with Gasteiger partial charge < -0.3 is 19.5 Å². The van der Waals surface area contributed by atoms with Gasteiger partial charge in [0.2, 0.25) is 5.95 Å². The molecule has 3 rings (SSSR count). The topological polar surface area (TPSA) is 91.7 Å². The largest absolute Gasteiger partial charge is 0.456 e. The second kappa shape index (κ2) is 9.02. The first-order chi connectivity index (χ1) is 14.4. The van der Waals surface area contributed by atoms with E-state index >= 15 is 0 Å². The number of carbonyl (C=O) groups excluding carboxylic acids is 2. The van der Waals surface area contributed by atoms with Crippen LogP contribution in [0, 0.1) is 0 Å². The molecule has 2 aromatic rings. The fourth-order valence-corrected chi connectivity index (χ4v) is 4.03. The molecule has 0 saturated carbocycles. The van der Waals surface area contributed by atoms with Gasteiger partial charge in [-0.2, -0.15) is 0 Å². The number of alkyl halides is 1. The molecule has 1 aromatic heterocycles. The number of imidazole rings is 1. The van der Waals surface area contributed by atoms with E-state index in [-0.39, 0.29) is 11.4 Å². The van der Waals surface area contributed by atoms with E-state index in [9.17, 15) is 9.59 Å². The number of fused-ring (bicyclic) bond motifs is 1. The van der Waals surface area contributed by atoms with Gasteiger partial charge in [-0.05, 0) is 32.9 Å². The fraction of sp³-hybridized carbons (Fsp3) is 0.550. The minimum Gasteiger partial charge on any atom is -0.456 e. The summed E-state index contributed by atoms with van der Waals surface area (Å²) in [5.41, 5.74) is 0.799. The van der Waals surface area contributed by atoms with Crippen LogP contribution in [0.4, 0.5) is 5.95 Å². The second-order valence-corrected chi connectivity index (χ2v) is 9.43. The van der Waals surface area contributed by atoms with Crippen molar-refractivity contribution in [1.29, 1.82) is 0 Å². The Bertz CT molecular complexity index is 1000. The van der Waals surface area contributed by atoms with Crippen molar-refractivity contribution in [2.75, 3.05) is 11.2 Å². The van der Waals surface area contributed by atoms with Crippen molar-refractivity contribution in [3.05, 3.63) is 22.2 Å². The molecule has 31 heavy (non-hydrogen) atoms. The molecular weight excluding hydrogens is 469 g/mol. The van der Waals surface area contributed by atoms with E-state index in [0.717, 1.165) is 0 Å². The highest BCUT2D eigenvalue weighted by molar-refractivity contribution is 6.42. The van der Waals surface area contributed by atoms with Crippen LogP contribution >= 0.6 is 34.8 Å². The lowest BCUT2D eigenvalue weighted by atomic mass is 10.1. The molecule has 170 valence electrons. The summed E-state index contributed by atoms with van der Waals surface area (Å²) in [7, 11) is 0. The summed E-state index contributed by atoms with van der Waals surface area (Å²) in [4.78, 5) is 28.2. The highest BCUT2D eigenvalue weighted by atomic mass is 35.5. The predicted octanol–water partition coefficient (Wildman–Crippen LogP) is 4.55. The number of esters is 2. The molecule has 0 aliphatic carbocycles. The van der Waals surface area contributed by atoms with Gasteiger partial charge >= 0.3 is 11.9 Å². The van der Waals surface area contributed by atoms with Crippen LogP contribution in [0.25, 0.3) is 11.0 Å². The van der Waals surface area contributed by atoms with Gasteiger partial charge in [0.1, 0.15) is 6.10 Å². The quantitative estimate of drug-likeness (QED) is 0.483. The molecule has 8 nitrogen and oxygen atoms in total. The Morgan fingerprint density at radius 1 is 1.13 bits per heavy atom. The first-order valence-corrected chi connectivity index (χ1v) is 10.9. The van der Waals surface area contributed by atoms with Gasteiger partial charge in [-0.15, -0.1) is 11.6 Å². The minimum absolute atomic E-state index is 0.0213. The molecule has 0 bridgehead atoms. The number of benzene rings is 1. The minimum atomic E-state index is -0.961. The van der Waals surface area contributed by atoms with E-state index in [1.54, 1.807) is 16.7 Å². The van der Waals surface area contributed by atoms with Gasteiger partial charge in [0, 0.05) is 19.4 Å². The van der Waals surface area contributed by atoms with Crippen LogP contribution in [0.5, 0.6) is 0 Å². The van der Waals surface area contributed by atoms with E-state index in [4.69, 9.17) is 49.0 Å². The standard InChI is InChI=1S/C20H24Cl3N3O5/c1-9(27)29-16-15(8-21)31-18(17(16)30-10(2)28)26-14-7-12(23)11(22)6-13(14)24-19(26)25-20(3,4)5/h6-7,15-18H,8H2,1-5H3,(H,24,25)/t15-,16-,17-,18-/m1/s1. The molecule has 4 atom stereocenters. The summed E-state index contributed by atoms with van der Waals surface area (Å²) in [6, 6.07) is 3.30. The van der Waals surface area contributed by atoms with Crippen LogP contribution in [-0.4, -0.2) is 51.2 Å². The Morgan fingerprint density at radius 3 is 2.26 bits per heavy atom. The smallest absolute Gasteiger partial charge is 0.303 e. The zero-order chi connectivity index (χ0) is 23.1. The third-order valence-electron chi connectivity index (χ3n) is 4.51. The number of aromatic nitrogens is 2. The lowest BCUT2D eigenvalue weighted by Gasteiger charge is -2.27. The summed E-state index contributed by atoms with van der Waals surface area (Å²) in [6.45, 7) is 8.45. The summed E-state index contributed by atoms with van der Waals surface area (Å²) in [5, 5.41) is 3.99. The number of rotatable bonds is 5. The first-order valence-electron chi connectivity index (χ1n) is 9.62. The van der Waals surface area contributed by atoms with E-state index < -0.39 is 36.5 Å². The molecule has 1 aliphatic rings. The summed E-state index contributed by atoms with van der Waals surface area (Å²) in [6.07, 6.45) is -3.45. The monoisotopic (exact) mass is 491 g/mol. The molecule has 0 radical (unpaired) electrons. The summed E-state index contributed by atoms with van der Waals surface area (Å²) >= 11 is 18.6. The lowest BCUT2D eigenvalue weighted by Crippen LogP contribution is -2.39. The van der Waals surface area contributed by atoms with Crippen molar-refractivity contribution < 1.29 is 23.8 Å². The molecule has 0 spiro atoms. The molecular formula is C20H24Cl3N3O5. The molecule has 1 aromatic carbocycles. The van der Waals surface area contributed by atoms with Crippen LogP contribution in [0.15, 0.2) is 12.1 Å². The van der Waals surface area contributed by atoms with Gasteiger partial charge in [-0.25, -0.2) is 4.98 Å². The maximum Gasteiger partial charge on any atom is 0.303 e. The molecule has 1 fully saturated rings. The lowest BCUT2D eigenvalue weighted by molar-refractivity contribution is -0.165. The van der Waals surface area contributed by atoms with Crippen LogP contribution in [0.3, 0.4) is 0 Å². The number of anilines is 1. The van der Waals surface area contributed by atoms with Crippen molar-refractivity contribution in [3.63, 3.8) is 0 Å². The van der Waals surface area contributed by atoms with Crippen molar-refractivity contribution >= 4 is 63.7 Å². The summed E-state index contributed by atoms with van der Waals surface area (Å²) in [5.74, 6) is -0.630. The fourth-order valence-electron chi connectivity index (χ4n) is 3.46. The number of nitrogens with one attached hydrogen (secondary N) is 1. The molecule has 2 heterocycles. The van der Waals surface area contributed by atoms with Crippen molar-refractivity contribution in [1.82, 2.24) is 9.55 Å². The predicted molar refractivity (Wildman–Crippen MR) is 119 cm³/mol. The zero-order valence-corrected chi connectivity index (χ0v) is 20.0. The molecule has 1 aliphatic heterocycles. The number of hydrogen-bond donors (Lipinski definition) is 1. The van der Waals surface area contributed by atoms with Crippen molar-refractivity contribution in [2.45, 2.75) is 64.7 Å². The van der Waals surface area contributed by atoms with Gasteiger partial charge in [0.15, 0.2) is 18.4 Å². The van der Waals surface area contributed by atoms with E-state index in [1.165, 1.54) is 13.8 Å². The third-order valence-corrected chi connectivity index (χ3v) is 5.54. The normalized spacial score (nSPS) is 23.7. The van der Waals surface area contributed by atoms with E-state index in [2.05, 4.69) is 10.3 Å². The average molecular weight is 493 g/mol. The highest BCUT2D eigenvalue weighted by Crippen LogP contribution is 2.40. The third kappa shape index (κ3) is 5.19. The SMILES string of the molecule is CC(=O)O[C@@H]1[C@H](OC(C)=O)[C@@H](CCl)O[C@H]1n1c(NC(C)(C)C)nc2cc(Cl)c(Cl)cc21. The van der Waals surface area contributed by atoms with Gasteiger partial charge in [-0.1, -0.05) is 23.2 Å². The Kier molecular flexibility index (Phi) is 6.96. The number of halogens is 3. The molecule has 1 N–H and O–H groups in total. The van der Waals surface area contributed by atoms with Gasteiger partial charge in [0.05, 0.1) is 27.0 Å². The molecule has 0 amide bonds. The second-order valence-electron chi connectivity index (χ2n) is 8.30. The maximum atomic E-state index is 11.9. The van der Waals surface area contributed by atoms with Crippen LogP contribution in [0.1, 0.15) is 40.8 Å². The molecule has 11 heteroatoms. The zero-order valence-electron chi connectivity index (χ0n) is 17.7. The van der Waals surface area contributed by atoms with Crippen LogP contribution in [-0.2, 0) is 23.8 Å². The Balaban J connectivity index is 2.20. The van der Waals surface area contributed by atoms with Crippen molar-refractivity contribution in [3.8, 4) is 0 Å². The number of nitrogens with zero attached hydrogens (tertiary/aromatic N) is 2. The number of ether oxygens (including phenoxy) is 3. The average Bonchev–Trinajstić information content (AvgIpc) is 3.11. The van der Waals surface area contributed by atoms with Crippen LogP contribution < -0.4 is 5.32 Å². The molecule has 1 saturated heterocycles. The Morgan fingerprint density at radius 2 is 1.71 bits per heavy atom. The number of hydrogen-bond acceptors (Lipinski definition) is 7. The van der Waals surface area contributed by atoms with Gasteiger partial charge in [-0.3, -0.25) is 14.2 Å². The highest BCUT2D eigenvalue weighted by Gasteiger charge is 2.50. The Labute approximate surface area is 195 Å².